The van der Waals surface area contributed by atoms with Crippen LogP contribution in [0, 0.1) is 0 Å². The molecule has 1 aromatic rings. The second-order valence-electron chi connectivity index (χ2n) is 3.86. The molecule has 0 amide bonds. The lowest BCUT2D eigenvalue weighted by atomic mass is 10.2. The number of thioether (sulfide) groups is 1. The topological polar surface area (TPSA) is 64.3 Å². The zero-order valence-electron chi connectivity index (χ0n) is 10.8. The third-order valence-electron chi connectivity index (χ3n) is 2.75. The van der Waals surface area contributed by atoms with E-state index in [1.165, 1.54) is 6.33 Å². The van der Waals surface area contributed by atoms with Gasteiger partial charge in [-0.05, 0) is 25.4 Å². The van der Waals surface area contributed by atoms with Gasteiger partial charge in [-0.25, -0.2) is 4.98 Å². The van der Waals surface area contributed by atoms with E-state index in [0.29, 0.717) is 17.6 Å². The Labute approximate surface area is 107 Å². The molecule has 17 heavy (non-hydrogen) atoms. The van der Waals surface area contributed by atoms with Crippen LogP contribution in [0.3, 0.4) is 0 Å². The third-order valence-corrected chi connectivity index (χ3v) is 3.40. The molecule has 1 unspecified atom stereocenters. The first kappa shape index (κ1) is 13.9. The SMILES string of the molecule is COc1ncnc(N(C)C(C)CCSC)c1N. The van der Waals surface area contributed by atoms with Crippen LogP contribution in [0.2, 0.25) is 0 Å². The van der Waals surface area contributed by atoms with Gasteiger partial charge in [0.15, 0.2) is 5.82 Å². The van der Waals surface area contributed by atoms with Crippen LogP contribution in [-0.4, -0.2) is 42.2 Å². The van der Waals surface area contributed by atoms with Crippen LogP contribution in [-0.2, 0) is 0 Å². The average Bonchev–Trinajstić information content (AvgIpc) is 2.35. The molecule has 0 aliphatic carbocycles. The van der Waals surface area contributed by atoms with Gasteiger partial charge in [-0.3, -0.25) is 0 Å². The molecular weight excluding hydrogens is 236 g/mol. The Morgan fingerprint density at radius 3 is 2.82 bits per heavy atom. The lowest BCUT2D eigenvalue weighted by molar-refractivity contribution is 0.399. The van der Waals surface area contributed by atoms with E-state index in [0.717, 1.165) is 18.0 Å². The van der Waals surface area contributed by atoms with Crippen molar-refractivity contribution in [2.45, 2.75) is 19.4 Å². The number of nitrogen functional groups attached to an aromatic ring is 1. The molecule has 0 saturated heterocycles. The normalized spacial score (nSPS) is 12.2. The lowest BCUT2D eigenvalue weighted by Crippen LogP contribution is -2.31. The highest BCUT2D eigenvalue weighted by atomic mass is 32.2. The Bertz CT molecular complexity index is 361. The standard InChI is InChI=1S/C11H20N4OS/c1-8(5-6-17-4)15(2)10-9(12)11(16-3)14-7-13-10/h7-8H,5-6,12H2,1-4H3. The molecule has 0 radical (unpaired) electrons. The molecule has 1 atom stereocenters. The minimum atomic E-state index is 0.379. The monoisotopic (exact) mass is 256 g/mol. The van der Waals surface area contributed by atoms with Gasteiger partial charge < -0.3 is 15.4 Å². The summed E-state index contributed by atoms with van der Waals surface area (Å²) in [5.74, 6) is 2.28. The van der Waals surface area contributed by atoms with Crippen LogP contribution >= 0.6 is 11.8 Å². The Morgan fingerprint density at radius 2 is 2.24 bits per heavy atom. The van der Waals surface area contributed by atoms with Crippen LogP contribution in [0.15, 0.2) is 6.33 Å². The Morgan fingerprint density at radius 1 is 1.53 bits per heavy atom. The van der Waals surface area contributed by atoms with Crippen molar-refractivity contribution in [3.05, 3.63) is 6.33 Å². The highest BCUT2D eigenvalue weighted by Crippen LogP contribution is 2.28. The van der Waals surface area contributed by atoms with Gasteiger partial charge in [-0.2, -0.15) is 16.7 Å². The predicted octanol–water partition coefficient (Wildman–Crippen LogP) is 1.65. The molecule has 96 valence electrons. The molecule has 0 spiro atoms. The second kappa shape index (κ2) is 6.54. The molecular formula is C11H20N4OS. The number of nitrogens with two attached hydrogens (primary N) is 1. The summed E-state index contributed by atoms with van der Waals surface area (Å²) >= 11 is 1.84. The first-order valence-corrected chi connectivity index (χ1v) is 6.87. The van der Waals surface area contributed by atoms with E-state index in [-0.39, 0.29) is 0 Å². The molecule has 1 rings (SSSR count). The van der Waals surface area contributed by atoms with Gasteiger partial charge in [0.2, 0.25) is 5.88 Å². The Hall–Kier alpha value is -1.17. The van der Waals surface area contributed by atoms with Crippen LogP contribution < -0.4 is 15.4 Å². The zero-order chi connectivity index (χ0) is 12.8. The van der Waals surface area contributed by atoms with E-state index in [4.69, 9.17) is 10.5 Å². The molecule has 0 fully saturated rings. The summed E-state index contributed by atoms with van der Waals surface area (Å²) in [5.41, 5.74) is 6.46. The van der Waals surface area contributed by atoms with E-state index < -0.39 is 0 Å². The van der Waals surface area contributed by atoms with Crippen molar-refractivity contribution in [2.75, 3.05) is 36.8 Å². The summed E-state index contributed by atoms with van der Waals surface area (Å²) in [7, 11) is 3.54. The van der Waals surface area contributed by atoms with Crippen molar-refractivity contribution < 1.29 is 4.74 Å². The van der Waals surface area contributed by atoms with Gasteiger partial charge in [-0.1, -0.05) is 0 Å². The van der Waals surface area contributed by atoms with E-state index in [1.807, 2.05) is 18.8 Å². The number of methoxy groups -OCH3 is 1. The van der Waals surface area contributed by atoms with Crippen molar-refractivity contribution in [1.29, 1.82) is 0 Å². The number of anilines is 2. The molecule has 5 nitrogen and oxygen atoms in total. The van der Waals surface area contributed by atoms with Gasteiger partial charge >= 0.3 is 0 Å². The van der Waals surface area contributed by atoms with Gasteiger partial charge in [0, 0.05) is 13.1 Å². The molecule has 0 aliphatic rings. The highest BCUT2D eigenvalue weighted by molar-refractivity contribution is 7.98. The fourth-order valence-corrected chi connectivity index (χ4v) is 2.08. The first-order chi connectivity index (χ1) is 8.11. The summed E-state index contributed by atoms with van der Waals surface area (Å²) in [6, 6.07) is 0.379. The number of aromatic nitrogens is 2. The van der Waals surface area contributed by atoms with E-state index >= 15 is 0 Å². The van der Waals surface area contributed by atoms with Crippen molar-refractivity contribution in [3.8, 4) is 5.88 Å². The first-order valence-electron chi connectivity index (χ1n) is 5.48. The van der Waals surface area contributed by atoms with Gasteiger partial charge in [0.25, 0.3) is 0 Å². The molecule has 1 aromatic heterocycles. The quantitative estimate of drug-likeness (QED) is 0.835. The predicted molar refractivity (Wildman–Crippen MR) is 73.9 cm³/mol. The number of nitrogens with zero attached hydrogens (tertiary/aromatic N) is 3. The lowest BCUT2D eigenvalue weighted by Gasteiger charge is -2.26. The van der Waals surface area contributed by atoms with Crippen molar-refractivity contribution in [3.63, 3.8) is 0 Å². The summed E-state index contributed by atoms with van der Waals surface area (Å²) in [5, 5.41) is 0. The zero-order valence-corrected chi connectivity index (χ0v) is 11.6. The van der Waals surface area contributed by atoms with Gasteiger partial charge in [0.05, 0.1) is 7.11 Å². The van der Waals surface area contributed by atoms with E-state index in [1.54, 1.807) is 7.11 Å². The molecule has 1 heterocycles. The Kier molecular flexibility index (Phi) is 5.34. The number of hydrogen-bond acceptors (Lipinski definition) is 6. The summed E-state index contributed by atoms with van der Waals surface area (Å²) in [6.45, 7) is 2.16. The molecule has 0 bridgehead atoms. The minimum Gasteiger partial charge on any atom is -0.479 e. The fraction of sp³-hybridized carbons (Fsp3) is 0.636. The van der Waals surface area contributed by atoms with E-state index in [9.17, 15) is 0 Å². The molecule has 6 heteroatoms. The average molecular weight is 256 g/mol. The molecule has 0 aliphatic heterocycles. The van der Waals surface area contributed by atoms with Crippen molar-refractivity contribution in [1.82, 2.24) is 9.97 Å². The maximum absolute atomic E-state index is 5.96. The van der Waals surface area contributed by atoms with Gasteiger partial charge in [-0.15, -0.1) is 0 Å². The van der Waals surface area contributed by atoms with Crippen LogP contribution in [0.4, 0.5) is 11.5 Å². The number of hydrogen-bond donors (Lipinski definition) is 1. The number of rotatable bonds is 6. The summed E-state index contributed by atoms with van der Waals surface area (Å²) in [6.07, 6.45) is 4.67. The van der Waals surface area contributed by atoms with Gasteiger partial charge in [0.1, 0.15) is 12.0 Å². The summed E-state index contributed by atoms with van der Waals surface area (Å²) < 4.78 is 5.09. The van der Waals surface area contributed by atoms with Crippen LogP contribution in [0.5, 0.6) is 5.88 Å². The van der Waals surface area contributed by atoms with Crippen LogP contribution in [0.1, 0.15) is 13.3 Å². The van der Waals surface area contributed by atoms with Crippen molar-refractivity contribution >= 4 is 23.3 Å². The minimum absolute atomic E-state index is 0.379. The summed E-state index contributed by atoms with van der Waals surface area (Å²) in [4.78, 5) is 10.3. The maximum Gasteiger partial charge on any atom is 0.242 e. The number of ether oxygens (including phenoxy) is 1. The highest BCUT2D eigenvalue weighted by Gasteiger charge is 2.16. The van der Waals surface area contributed by atoms with Crippen LogP contribution in [0.25, 0.3) is 0 Å². The maximum atomic E-state index is 5.96. The molecule has 2 N–H and O–H groups in total. The Balaban J connectivity index is 2.84. The smallest absolute Gasteiger partial charge is 0.242 e. The third kappa shape index (κ3) is 3.39. The second-order valence-corrected chi connectivity index (χ2v) is 4.85. The fourth-order valence-electron chi connectivity index (χ4n) is 1.51. The van der Waals surface area contributed by atoms with Crippen molar-refractivity contribution in [2.24, 2.45) is 0 Å². The molecule has 0 aromatic carbocycles. The van der Waals surface area contributed by atoms with E-state index in [2.05, 4.69) is 28.0 Å². The molecule has 0 saturated carbocycles. The largest absolute Gasteiger partial charge is 0.479 e.